The molecule has 1 aliphatic rings. The van der Waals surface area contributed by atoms with E-state index in [1.54, 1.807) is 18.2 Å². The zero-order chi connectivity index (χ0) is 18.1. The summed E-state index contributed by atoms with van der Waals surface area (Å²) in [6.07, 6.45) is 1.72. The Bertz CT molecular complexity index is 959. The SMILES string of the molecule is O=[N+]([O-])c1ccccc1N1CCCC1c1nc(-c2ccccc2Br)no1. The van der Waals surface area contributed by atoms with Crippen LogP contribution in [0.15, 0.2) is 57.5 Å². The van der Waals surface area contributed by atoms with Gasteiger partial charge in [-0.05, 0) is 31.0 Å². The van der Waals surface area contributed by atoms with E-state index in [1.807, 2.05) is 29.2 Å². The Morgan fingerprint density at radius 1 is 1.19 bits per heavy atom. The number of halogens is 1. The number of benzene rings is 2. The first-order valence-electron chi connectivity index (χ1n) is 8.23. The molecule has 1 aromatic heterocycles. The molecule has 1 fully saturated rings. The maximum Gasteiger partial charge on any atom is 0.292 e. The third kappa shape index (κ3) is 2.96. The van der Waals surface area contributed by atoms with Crippen LogP contribution < -0.4 is 4.90 Å². The van der Waals surface area contributed by atoms with Crippen LogP contribution in [0.3, 0.4) is 0 Å². The first-order valence-corrected chi connectivity index (χ1v) is 9.03. The summed E-state index contributed by atoms with van der Waals surface area (Å²) in [4.78, 5) is 17.6. The van der Waals surface area contributed by atoms with Crippen molar-refractivity contribution in [3.63, 3.8) is 0 Å². The fourth-order valence-corrected chi connectivity index (χ4v) is 3.76. The Morgan fingerprint density at radius 3 is 2.77 bits per heavy atom. The predicted octanol–water partition coefficient (Wildman–Crippen LogP) is 4.75. The van der Waals surface area contributed by atoms with E-state index in [2.05, 4.69) is 26.1 Å². The van der Waals surface area contributed by atoms with Gasteiger partial charge < -0.3 is 9.42 Å². The Morgan fingerprint density at radius 2 is 1.96 bits per heavy atom. The molecule has 0 aliphatic carbocycles. The lowest BCUT2D eigenvalue weighted by Crippen LogP contribution is -2.23. The standard InChI is InChI=1S/C18H15BrN4O3/c19-13-7-2-1-6-12(13)17-20-18(26-21-17)16-10-5-11-22(16)14-8-3-4-9-15(14)23(24)25/h1-4,6-9,16H,5,10-11H2. The minimum atomic E-state index is -0.356. The molecule has 0 radical (unpaired) electrons. The normalized spacial score (nSPS) is 16.8. The highest BCUT2D eigenvalue weighted by Gasteiger charge is 2.34. The smallest absolute Gasteiger partial charge is 0.292 e. The van der Waals surface area contributed by atoms with Crippen LogP contribution in [-0.4, -0.2) is 21.6 Å². The second kappa shape index (κ2) is 6.87. The minimum absolute atomic E-state index is 0.0879. The number of nitro groups is 1. The molecule has 1 aliphatic heterocycles. The first-order chi connectivity index (χ1) is 12.6. The zero-order valence-corrected chi connectivity index (χ0v) is 15.3. The molecular formula is C18H15BrN4O3. The van der Waals surface area contributed by atoms with Gasteiger partial charge in [0.25, 0.3) is 5.69 Å². The molecule has 0 N–H and O–H groups in total. The van der Waals surface area contributed by atoms with Crippen molar-refractivity contribution in [1.82, 2.24) is 10.1 Å². The minimum Gasteiger partial charge on any atom is -0.354 e. The Hall–Kier alpha value is -2.74. The third-order valence-electron chi connectivity index (χ3n) is 4.48. The van der Waals surface area contributed by atoms with Gasteiger partial charge in [-0.2, -0.15) is 4.98 Å². The highest BCUT2D eigenvalue weighted by Crippen LogP contribution is 2.40. The van der Waals surface area contributed by atoms with Gasteiger partial charge in [0.05, 0.1) is 4.92 Å². The van der Waals surface area contributed by atoms with Crippen LogP contribution in [0.1, 0.15) is 24.8 Å². The van der Waals surface area contributed by atoms with Crippen molar-refractivity contribution >= 4 is 27.3 Å². The fraction of sp³-hybridized carbons (Fsp3) is 0.222. The van der Waals surface area contributed by atoms with E-state index in [4.69, 9.17) is 4.52 Å². The average molecular weight is 415 g/mol. The summed E-state index contributed by atoms with van der Waals surface area (Å²) < 4.78 is 6.40. The number of rotatable bonds is 4. The first kappa shape index (κ1) is 16.7. The largest absolute Gasteiger partial charge is 0.354 e. The van der Waals surface area contributed by atoms with Crippen LogP contribution in [0.2, 0.25) is 0 Å². The second-order valence-electron chi connectivity index (χ2n) is 6.03. The summed E-state index contributed by atoms with van der Waals surface area (Å²) in [5.74, 6) is 0.980. The van der Waals surface area contributed by atoms with Crippen molar-refractivity contribution in [1.29, 1.82) is 0 Å². The van der Waals surface area contributed by atoms with E-state index in [0.717, 1.165) is 22.9 Å². The van der Waals surface area contributed by atoms with Crippen molar-refractivity contribution in [2.75, 3.05) is 11.4 Å². The lowest BCUT2D eigenvalue weighted by Gasteiger charge is -2.23. The van der Waals surface area contributed by atoms with Crippen LogP contribution in [0.25, 0.3) is 11.4 Å². The van der Waals surface area contributed by atoms with Crippen molar-refractivity contribution < 1.29 is 9.45 Å². The summed E-state index contributed by atoms with van der Waals surface area (Å²) in [6.45, 7) is 0.711. The number of hydrogen-bond acceptors (Lipinski definition) is 6. The quantitative estimate of drug-likeness (QED) is 0.452. The van der Waals surface area contributed by atoms with Crippen molar-refractivity contribution in [2.45, 2.75) is 18.9 Å². The highest BCUT2D eigenvalue weighted by atomic mass is 79.9. The molecule has 0 saturated carbocycles. The Labute approximate surface area is 157 Å². The van der Waals surface area contributed by atoms with Crippen LogP contribution in [0, 0.1) is 10.1 Å². The predicted molar refractivity (Wildman–Crippen MR) is 99.9 cm³/mol. The molecule has 1 unspecified atom stereocenters. The fourth-order valence-electron chi connectivity index (χ4n) is 3.30. The molecule has 1 atom stereocenters. The number of anilines is 1. The average Bonchev–Trinajstić information content (AvgIpc) is 3.31. The maximum atomic E-state index is 11.4. The van der Waals surface area contributed by atoms with E-state index >= 15 is 0 Å². The van der Waals surface area contributed by atoms with E-state index < -0.39 is 0 Å². The van der Waals surface area contributed by atoms with Gasteiger partial charge >= 0.3 is 0 Å². The number of para-hydroxylation sites is 2. The summed E-state index contributed by atoms with van der Waals surface area (Å²) >= 11 is 3.49. The van der Waals surface area contributed by atoms with E-state index in [1.165, 1.54) is 6.07 Å². The summed E-state index contributed by atoms with van der Waals surface area (Å²) in [6, 6.07) is 14.2. The summed E-state index contributed by atoms with van der Waals surface area (Å²) in [5.41, 5.74) is 1.52. The molecule has 1 saturated heterocycles. The molecule has 8 heteroatoms. The van der Waals surface area contributed by atoms with Gasteiger partial charge in [-0.3, -0.25) is 10.1 Å². The summed E-state index contributed by atoms with van der Waals surface area (Å²) in [7, 11) is 0. The van der Waals surface area contributed by atoms with Gasteiger partial charge in [-0.1, -0.05) is 45.4 Å². The lowest BCUT2D eigenvalue weighted by atomic mass is 10.2. The van der Waals surface area contributed by atoms with Gasteiger partial charge in [0.1, 0.15) is 11.7 Å². The zero-order valence-electron chi connectivity index (χ0n) is 13.7. The van der Waals surface area contributed by atoms with E-state index in [-0.39, 0.29) is 16.7 Å². The van der Waals surface area contributed by atoms with Gasteiger partial charge in [0, 0.05) is 22.6 Å². The molecule has 132 valence electrons. The number of nitro benzene ring substituents is 1. The maximum absolute atomic E-state index is 11.4. The molecule has 2 aromatic carbocycles. The number of aromatic nitrogens is 2. The van der Waals surface area contributed by atoms with Gasteiger partial charge in [-0.15, -0.1) is 0 Å². The van der Waals surface area contributed by atoms with Crippen LogP contribution in [0.4, 0.5) is 11.4 Å². The second-order valence-corrected chi connectivity index (χ2v) is 6.89. The number of hydrogen-bond donors (Lipinski definition) is 0. The van der Waals surface area contributed by atoms with Gasteiger partial charge in [0.2, 0.25) is 11.7 Å². The van der Waals surface area contributed by atoms with Crippen molar-refractivity contribution in [3.8, 4) is 11.4 Å². The molecule has 7 nitrogen and oxygen atoms in total. The molecule has 3 aromatic rings. The monoisotopic (exact) mass is 414 g/mol. The van der Waals surface area contributed by atoms with E-state index in [9.17, 15) is 10.1 Å². The third-order valence-corrected chi connectivity index (χ3v) is 5.17. The van der Waals surface area contributed by atoms with Gasteiger partial charge in [0.15, 0.2) is 0 Å². The summed E-state index contributed by atoms with van der Waals surface area (Å²) in [5, 5.41) is 15.5. The lowest BCUT2D eigenvalue weighted by molar-refractivity contribution is -0.384. The molecular weight excluding hydrogens is 400 g/mol. The van der Waals surface area contributed by atoms with Crippen LogP contribution in [0.5, 0.6) is 0 Å². The molecule has 0 spiro atoms. The molecule has 4 rings (SSSR count). The Kier molecular flexibility index (Phi) is 4.42. The molecule has 26 heavy (non-hydrogen) atoms. The number of nitrogens with zero attached hydrogens (tertiary/aromatic N) is 4. The molecule has 2 heterocycles. The Balaban J connectivity index is 1.68. The van der Waals surface area contributed by atoms with Crippen LogP contribution >= 0.6 is 15.9 Å². The topological polar surface area (TPSA) is 85.3 Å². The highest BCUT2D eigenvalue weighted by molar-refractivity contribution is 9.10. The van der Waals surface area contributed by atoms with Crippen molar-refractivity contribution in [3.05, 3.63) is 69.0 Å². The van der Waals surface area contributed by atoms with E-state index in [0.29, 0.717) is 23.9 Å². The molecule has 0 bridgehead atoms. The van der Waals surface area contributed by atoms with Crippen LogP contribution in [-0.2, 0) is 0 Å². The van der Waals surface area contributed by atoms with Crippen molar-refractivity contribution in [2.24, 2.45) is 0 Å². The van der Waals surface area contributed by atoms with Gasteiger partial charge in [-0.25, -0.2) is 0 Å². The molecule has 0 amide bonds.